The van der Waals surface area contributed by atoms with E-state index in [4.69, 9.17) is 0 Å². The Bertz CT molecular complexity index is 1020. The average Bonchev–Trinajstić information content (AvgIpc) is 3.41. The molecule has 0 spiro atoms. The van der Waals surface area contributed by atoms with Crippen LogP contribution in [0.4, 0.5) is 0 Å². The molecule has 0 saturated carbocycles. The summed E-state index contributed by atoms with van der Waals surface area (Å²) in [5.41, 5.74) is 2.70. The maximum atomic E-state index is 3.75. The van der Waals surface area contributed by atoms with Crippen molar-refractivity contribution in [2.24, 2.45) is 0 Å². The van der Waals surface area contributed by atoms with Crippen molar-refractivity contribution in [2.75, 3.05) is 26.2 Å². The van der Waals surface area contributed by atoms with E-state index < -0.39 is 0 Å². The Kier molecular flexibility index (Phi) is 15.8. The fraction of sp³-hybridized carbons (Fsp3) is 0.188. The number of nitrogens with zero attached hydrogens (tertiary/aromatic N) is 2. The summed E-state index contributed by atoms with van der Waals surface area (Å²) in [5.74, 6) is 0. The SMILES string of the molecule is C=CCN(CC=C)[Si]N(CC=C)CC=C.Cc1cc2ccccc2[cH-]1.Cc1cc2ccccc2[cH-]1.[Hf]. The third kappa shape index (κ3) is 11.1. The van der Waals surface area contributed by atoms with E-state index in [1.807, 2.05) is 24.3 Å². The minimum Gasteiger partial charge on any atom is -0.305 e. The Morgan fingerprint density at radius 3 is 1.28 bits per heavy atom. The largest absolute Gasteiger partial charge is 0.305 e. The topological polar surface area (TPSA) is 6.48 Å². The van der Waals surface area contributed by atoms with Gasteiger partial charge in [-0.1, -0.05) is 50.3 Å². The Morgan fingerprint density at radius 1 is 0.639 bits per heavy atom. The van der Waals surface area contributed by atoms with Gasteiger partial charge < -0.3 is 9.13 Å². The number of benzene rings is 2. The summed E-state index contributed by atoms with van der Waals surface area (Å²) in [6.07, 6.45) is 7.65. The molecule has 186 valence electrons. The molecule has 0 unspecified atom stereocenters. The van der Waals surface area contributed by atoms with Crippen LogP contribution in [0.2, 0.25) is 0 Å². The second-order valence-corrected chi connectivity index (χ2v) is 9.85. The zero-order valence-corrected chi connectivity index (χ0v) is 26.4. The van der Waals surface area contributed by atoms with Gasteiger partial charge in [0.25, 0.3) is 9.84 Å². The summed E-state index contributed by atoms with van der Waals surface area (Å²) in [5, 5.41) is 5.39. The molecule has 2 radical (unpaired) electrons. The fourth-order valence-electron chi connectivity index (χ4n) is 3.75. The van der Waals surface area contributed by atoms with Crippen molar-refractivity contribution in [3.05, 3.63) is 135 Å². The molecule has 0 bridgehead atoms. The summed E-state index contributed by atoms with van der Waals surface area (Å²) >= 11 is 0. The van der Waals surface area contributed by atoms with E-state index in [2.05, 4.69) is 122 Å². The Labute approximate surface area is 239 Å². The summed E-state index contributed by atoms with van der Waals surface area (Å²) in [6, 6.07) is 25.7. The molecule has 0 aliphatic carbocycles. The normalized spacial score (nSPS) is 10.1. The van der Waals surface area contributed by atoms with Crippen LogP contribution in [0.15, 0.2) is 123 Å². The molecule has 0 aliphatic heterocycles. The molecule has 2 nitrogen and oxygen atoms in total. The van der Waals surface area contributed by atoms with Crippen molar-refractivity contribution in [1.82, 2.24) is 9.13 Å². The molecule has 0 fully saturated rings. The molecule has 0 amide bonds. The van der Waals surface area contributed by atoms with Crippen LogP contribution in [0.25, 0.3) is 21.5 Å². The Morgan fingerprint density at radius 2 is 0.972 bits per heavy atom. The number of rotatable bonds is 10. The standard InChI is InChI=1S/C12H20N2Si.2C10H9.Hf/c1-5-9-13(10-6-2)15-14(11-7-3)12-8-4;2*1-8-6-9-4-2-3-5-10(9)7-8;/h5-8H,1-4,9-12H2;2*2-7H,1H3;/q;2*-1;. The van der Waals surface area contributed by atoms with Crippen LogP contribution in [-0.2, 0) is 25.8 Å². The van der Waals surface area contributed by atoms with Gasteiger partial charge in [-0.15, -0.1) is 108 Å². The van der Waals surface area contributed by atoms with Crippen molar-refractivity contribution >= 4 is 31.4 Å². The summed E-state index contributed by atoms with van der Waals surface area (Å²) in [6.45, 7) is 22.8. The molecule has 0 aromatic heterocycles. The van der Waals surface area contributed by atoms with Gasteiger partial charge in [0.15, 0.2) is 0 Å². The van der Waals surface area contributed by atoms with E-state index in [9.17, 15) is 0 Å². The predicted octanol–water partition coefficient (Wildman–Crippen LogP) is 7.60. The van der Waals surface area contributed by atoms with Crippen LogP contribution >= 0.6 is 0 Å². The number of hydrogen-bond acceptors (Lipinski definition) is 2. The van der Waals surface area contributed by atoms with Crippen LogP contribution in [0, 0.1) is 13.8 Å². The second kappa shape index (κ2) is 18.0. The molecule has 4 aromatic carbocycles. The van der Waals surface area contributed by atoms with Gasteiger partial charge in [0.05, 0.1) is 0 Å². The third-order valence-corrected chi connectivity index (χ3v) is 6.50. The van der Waals surface area contributed by atoms with Crippen molar-refractivity contribution in [3.8, 4) is 0 Å². The van der Waals surface area contributed by atoms with Gasteiger partial charge in [-0.2, -0.15) is 12.1 Å². The summed E-state index contributed by atoms with van der Waals surface area (Å²) in [7, 11) is 0.623. The summed E-state index contributed by atoms with van der Waals surface area (Å²) in [4.78, 5) is 0. The average molecular weight is 657 g/mol. The van der Waals surface area contributed by atoms with Gasteiger partial charge in [-0.3, -0.25) is 0 Å². The predicted molar refractivity (Wildman–Crippen MR) is 158 cm³/mol. The molecule has 0 saturated heterocycles. The van der Waals surface area contributed by atoms with Gasteiger partial charge in [-0.05, 0) is 0 Å². The molecule has 0 N–H and O–H groups in total. The van der Waals surface area contributed by atoms with Crippen LogP contribution in [0.1, 0.15) is 11.1 Å². The van der Waals surface area contributed by atoms with Crippen LogP contribution in [0.3, 0.4) is 0 Å². The van der Waals surface area contributed by atoms with Gasteiger partial charge in [0, 0.05) is 52.0 Å². The quantitative estimate of drug-likeness (QED) is 0.0986. The molecule has 4 rings (SSSR count). The minimum atomic E-state index is 0. The molecule has 0 heterocycles. The van der Waals surface area contributed by atoms with Crippen LogP contribution < -0.4 is 0 Å². The molecular formula is C32H38HfN2Si-2. The van der Waals surface area contributed by atoms with E-state index in [0.29, 0.717) is 9.84 Å². The molecule has 0 aliphatic rings. The van der Waals surface area contributed by atoms with E-state index in [1.165, 1.54) is 32.7 Å². The van der Waals surface area contributed by atoms with Crippen LogP contribution in [-0.4, -0.2) is 45.2 Å². The number of hydrogen-bond donors (Lipinski definition) is 0. The van der Waals surface area contributed by atoms with Gasteiger partial charge in [-0.25, -0.2) is 0 Å². The molecule has 4 heteroatoms. The monoisotopic (exact) mass is 658 g/mol. The second-order valence-electron chi connectivity index (χ2n) is 8.39. The first kappa shape index (κ1) is 31.7. The van der Waals surface area contributed by atoms with E-state index in [-0.39, 0.29) is 25.8 Å². The zero-order valence-electron chi connectivity index (χ0n) is 21.8. The molecule has 4 aromatic rings. The summed E-state index contributed by atoms with van der Waals surface area (Å²) < 4.78 is 4.57. The van der Waals surface area contributed by atoms with Crippen molar-refractivity contribution < 1.29 is 25.8 Å². The minimum absolute atomic E-state index is 0. The smallest absolute Gasteiger partial charge is 0.252 e. The maximum absolute atomic E-state index is 3.75. The molecule has 36 heavy (non-hydrogen) atoms. The van der Waals surface area contributed by atoms with Gasteiger partial charge in [0.1, 0.15) is 0 Å². The van der Waals surface area contributed by atoms with Crippen LogP contribution in [0.5, 0.6) is 0 Å². The molecule has 0 atom stereocenters. The first-order chi connectivity index (χ1) is 17.0. The van der Waals surface area contributed by atoms with E-state index in [0.717, 1.165) is 26.2 Å². The third-order valence-electron chi connectivity index (χ3n) is 5.21. The zero-order chi connectivity index (χ0) is 25.5. The Hall–Kier alpha value is -2.37. The van der Waals surface area contributed by atoms with Gasteiger partial charge >= 0.3 is 0 Å². The first-order valence-corrected chi connectivity index (χ1v) is 12.8. The van der Waals surface area contributed by atoms with E-state index in [1.54, 1.807) is 0 Å². The maximum Gasteiger partial charge on any atom is 0.252 e. The number of aryl methyl sites for hydroxylation is 2. The van der Waals surface area contributed by atoms with Gasteiger partial charge in [0.2, 0.25) is 0 Å². The van der Waals surface area contributed by atoms with Crippen molar-refractivity contribution in [2.45, 2.75) is 13.8 Å². The molecular weight excluding hydrogens is 619 g/mol. The first-order valence-electron chi connectivity index (χ1n) is 11.9. The Balaban J connectivity index is 0.000000272. The fourth-order valence-corrected chi connectivity index (χ4v) is 4.99. The van der Waals surface area contributed by atoms with E-state index >= 15 is 0 Å². The van der Waals surface area contributed by atoms with Crippen molar-refractivity contribution in [3.63, 3.8) is 0 Å². The van der Waals surface area contributed by atoms with Crippen molar-refractivity contribution in [1.29, 1.82) is 0 Å². The number of fused-ring (bicyclic) bond motifs is 2.